The van der Waals surface area contributed by atoms with Crippen LogP contribution in [-0.2, 0) is 42.5 Å². The molecular weight excluding hydrogens is 695 g/mol. The third-order valence-electron chi connectivity index (χ3n) is 8.63. The highest BCUT2D eigenvalue weighted by Crippen LogP contribution is 2.36. The summed E-state index contributed by atoms with van der Waals surface area (Å²) in [6.45, 7) is 4.66. The second-order valence-corrected chi connectivity index (χ2v) is 14.4. The molecule has 284 valence electrons. The van der Waals surface area contributed by atoms with Crippen LogP contribution >= 0.6 is 0 Å². The molecule has 4 aromatic rings. The number of ketones is 1. The number of hydrogen-bond acceptors (Lipinski definition) is 10. The molecule has 54 heavy (non-hydrogen) atoms. The van der Waals surface area contributed by atoms with E-state index in [0.29, 0.717) is 29.1 Å². The number of benzene rings is 3. The number of piperidine rings is 1. The maximum Gasteiger partial charge on any atom is 0.459 e. The smallest absolute Gasteiger partial charge is 0.441 e. The van der Waals surface area contributed by atoms with E-state index in [1.807, 2.05) is 42.5 Å². The second kappa shape index (κ2) is 16.9. The maximum atomic E-state index is 16.0. The predicted octanol–water partition coefficient (Wildman–Crippen LogP) is 4.74. The highest BCUT2D eigenvalue weighted by atomic mass is 19.1. The van der Waals surface area contributed by atoms with Crippen LogP contribution in [0, 0.1) is 5.82 Å². The van der Waals surface area contributed by atoms with Gasteiger partial charge in [0, 0.05) is 23.9 Å². The number of rotatable bonds is 12. The molecule has 0 aliphatic carbocycles. The van der Waals surface area contributed by atoms with Crippen molar-refractivity contribution in [2.24, 2.45) is 0 Å². The van der Waals surface area contributed by atoms with Gasteiger partial charge in [-0.3, -0.25) is 19.3 Å². The minimum atomic E-state index is -1.78. The number of aromatic nitrogens is 1. The van der Waals surface area contributed by atoms with E-state index in [0.717, 1.165) is 10.9 Å². The van der Waals surface area contributed by atoms with Crippen molar-refractivity contribution < 1.29 is 37.9 Å². The number of nitrogens with one attached hydrogen (secondary N) is 3. The van der Waals surface area contributed by atoms with Crippen LogP contribution in [0.1, 0.15) is 67.2 Å². The fraction of sp³-hybridized carbons (Fsp3) is 0.350. The first kappa shape index (κ1) is 39.5. The number of para-hydroxylation sites is 1. The summed E-state index contributed by atoms with van der Waals surface area (Å²) in [6.07, 6.45) is -0.377. The summed E-state index contributed by atoms with van der Waals surface area (Å²) in [7, 11) is 3.32. The molecule has 3 amide bonds. The van der Waals surface area contributed by atoms with Gasteiger partial charge in [-0.1, -0.05) is 65.8 Å². The second-order valence-electron chi connectivity index (χ2n) is 14.4. The monoisotopic (exact) mass is 740 g/mol. The summed E-state index contributed by atoms with van der Waals surface area (Å²) in [4.78, 5) is 77.9. The molecule has 0 saturated carbocycles. The summed E-state index contributed by atoms with van der Waals surface area (Å²) < 4.78 is 21.3. The van der Waals surface area contributed by atoms with Crippen LogP contribution in [0.25, 0.3) is 10.9 Å². The van der Waals surface area contributed by atoms with Crippen molar-refractivity contribution in [3.05, 3.63) is 113 Å². The van der Waals surface area contributed by atoms with Gasteiger partial charge in [0.2, 0.25) is 5.91 Å². The Labute approximate surface area is 313 Å². The normalized spacial score (nSPS) is 17.2. The van der Waals surface area contributed by atoms with E-state index in [1.54, 1.807) is 58.0 Å². The van der Waals surface area contributed by atoms with Crippen LogP contribution in [0.15, 0.2) is 84.9 Å². The molecule has 5 rings (SSSR count). The molecule has 0 spiro atoms. The van der Waals surface area contributed by atoms with Gasteiger partial charge in [-0.2, -0.15) is 5.43 Å². The summed E-state index contributed by atoms with van der Waals surface area (Å²) in [5.41, 5.74) is 2.00. The van der Waals surface area contributed by atoms with Crippen LogP contribution in [0.2, 0.25) is 0 Å². The number of hydrogen-bond donors (Lipinski definition) is 3. The molecule has 1 unspecified atom stereocenters. The molecule has 0 radical (unpaired) electrons. The minimum absolute atomic E-state index is 0.0549. The number of Topliss-reactive ketones (excluding diaryl/α,β-unsaturated/α-hetero) is 1. The van der Waals surface area contributed by atoms with Gasteiger partial charge in [0.15, 0.2) is 5.78 Å². The summed E-state index contributed by atoms with van der Waals surface area (Å²) in [5, 5.41) is 6.84. The molecule has 2 atom stereocenters. The average molecular weight is 741 g/mol. The number of nitrogens with zero attached hydrogens (tertiary/aromatic N) is 3. The van der Waals surface area contributed by atoms with Crippen molar-refractivity contribution >= 4 is 40.6 Å². The lowest BCUT2D eigenvalue weighted by molar-refractivity contribution is -0.199. The highest BCUT2D eigenvalue weighted by Gasteiger charge is 2.49. The van der Waals surface area contributed by atoms with Gasteiger partial charge in [0.1, 0.15) is 28.7 Å². The lowest BCUT2D eigenvalue weighted by Crippen LogP contribution is -2.64. The Balaban J connectivity index is 1.40. The number of amides is 3. The van der Waals surface area contributed by atoms with Crippen molar-refractivity contribution in [1.29, 1.82) is 0 Å². The number of halogens is 1. The van der Waals surface area contributed by atoms with Gasteiger partial charge in [-0.25, -0.2) is 19.0 Å². The first-order chi connectivity index (χ1) is 25.6. The Kier molecular flexibility index (Phi) is 12.4. The topological polar surface area (TPSA) is 159 Å². The molecule has 1 aliphatic heterocycles. The molecular formula is C40H45FN6O7. The largest absolute Gasteiger partial charge is 0.459 e. The van der Waals surface area contributed by atoms with Crippen molar-refractivity contribution in [3.8, 4) is 0 Å². The van der Waals surface area contributed by atoms with Crippen molar-refractivity contribution in [1.82, 2.24) is 31.1 Å². The van der Waals surface area contributed by atoms with Gasteiger partial charge in [-0.05, 0) is 89.5 Å². The van der Waals surface area contributed by atoms with E-state index in [1.165, 1.54) is 24.3 Å². The van der Waals surface area contributed by atoms with Gasteiger partial charge >= 0.3 is 12.1 Å². The Morgan fingerprint density at radius 1 is 0.963 bits per heavy atom. The summed E-state index contributed by atoms with van der Waals surface area (Å²) in [5.74, 6) is -3.27. The summed E-state index contributed by atoms with van der Waals surface area (Å²) in [6, 6.07) is 22.9. The van der Waals surface area contributed by atoms with Gasteiger partial charge in [-0.15, -0.1) is 0 Å². The van der Waals surface area contributed by atoms with Crippen molar-refractivity contribution in [3.63, 3.8) is 0 Å². The van der Waals surface area contributed by atoms with Gasteiger partial charge in [0.25, 0.3) is 5.91 Å². The molecule has 1 fully saturated rings. The highest BCUT2D eigenvalue weighted by molar-refractivity contribution is 6.05. The van der Waals surface area contributed by atoms with Gasteiger partial charge < -0.3 is 20.2 Å². The van der Waals surface area contributed by atoms with Crippen LogP contribution in [0.4, 0.5) is 9.18 Å². The fourth-order valence-electron chi connectivity index (χ4n) is 6.12. The van der Waals surface area contributed by atoms with E-state index in [4.69, 9.17) is 9.57 Å². The number of likely N-dealkylation sites (N-methyl/N-ethyl adjacent to an activating group) is 1. The van der Waals surface area contributed by atoms with Gasteiger partial charge in [0.05, 0.1) is 12.1 Å². The fourth-order valence-corrected chi connectivity index (χ4v) is 6.12. The van der Waals surface area contributed by atoms with Crippen molar-refractivity contribution in [2.75, 3.05) is 20.6 Å². The first-order valence-electron chi connectivity index (χ1n) is 17.6. The molecule has 3 aromatic carbocycles. The molecule has 3 N–H and O–H groups in total. The molecule has 1 saturated heterocycles. The van der Waals surface area contributed by atoms with E-state index in [9.17, 15) is 24.0 Å². The maximum absolute atomic E-state index is 16.0. The van der Waals surface area contributed by atoms with Crippen LogP contribution in [0.5, 0.6) is 0 Å². The summed E-state index contributed by atoms with van der Waals surface area (Å²) >= 11 is 0. The van der Waals surface area contributed by atoms with E-state index < -0.39 is 59.1 Å². The molecule has 13 nitrogen and oxygen atoms in total. The lowest BCUT2D eigenvalue weighted by Gasteiger charge is -2.40. The number of carbonyl (C=O) groups excluding carboxylic acids is 5. The van der Waals surface area contributed by atoms with E-state index in [-0.39, 0.29) is 30.8 Å². The number of pyridine rings is 1. The number of carbonyl (C=O) groups is 5. The zero-order valence-electron chi connectivity index (χ0n) is 31.0. The van der Waals surface area contributed by atoms with E-state index in [2.05, 4.69) is 21.0 Å². The predicted molar refractivity (Wildman–Crippen MR) is 198 cm³/mol. The number of ether oxygens (including phenoxy) is 1. The Bertz CT molecular complexity index is 2020. The minimum Gasteiger partial charge on any atom is -0.441 e. The molecule has 0 bridgehead atoms. The quantitative estimate of drug-likeness (QED) is 0.173. The zero-order chi connectivity index (χ0) is 39.0. The lowest BCUT2D eigenvalue weighted by atomic mass is 9.75. The third-order valence-corrected chi connectivity index (χ3v) is 8.63. The Morgan fingerprint density at radius 3 is 2.41 bits per heavy atom. The van der Waals surface area contributed by atoms with Crippen molar-refractivity contribution in [2.45, 2.75) is 70.2 Å². The van der Waals surface area contributed by atoms with Crippen LogP contribution in [0.3, 0.4) is 0 Å². The third kappa shape index (κ3) is 10.0. The standard InChI is InChI=1S/C40H45FN6O7/c1-39(2,3)53-38(52)47(54-35(49)25-46(4)5)42-24-27-17-19-30(41)29(22-27)40(21-11-14-26-12-7-6-8-13-26)34(48)23-33(37(51)45-40)44-36(50)32-20-18-28-15-9-10-16-31(28)43-32/h6-10,12-13,15-20,22,33,42H,11,14,21,23-25H2,1-5H3,(H,44,50)(H,45,51)/t33-,40?/m0/s1. The SMILES string of the molecule is CN(C)CC(=O)ON(NCc1ccc(F)c(C2(CCCc3ccccc3)NC(=O)[C@@H](NC(=O)c3ccc4ccccc4n3)CC2=O)c1)C(=O)OC(C)(C)C. The first-order valence-corrected chi connectivity index (χ1v) is 17.6. The van der Waals surface area contributed by atoms with Crippen LogP contribution < -0.4 is 16.1 Å². The average Bonchev–Trinajstić information content (AvgIpc) is 3.11. The Morgan fingerprint density at radius 2 is 1.69 bits per heavy atom. The zero-order valence-corrected chi connectivity index (χ0v) is 31.0. The molecule has 14 heteroatoms. The molecule has 1 aromatic heterocycles. The Hall–Kier alpha value is -5.73. The number of hydroxylamine groups is 1. The van der Waals surface area contributed by atoms with E-state index >= 15 is 4.39 Å². The molecule has 2 heterocycles. The number of hydrazine groups is 1. The number of fused-ring (bicyclic) bond motifs is 1. The number of aryl methyl sites for hydroxylation is 1. The van der Waals surface area contributed by atoms with Crippen LogP contribution in [-0.4, -0.2) is 77.0 Å². The molecule has 1 aliphatic rings.